The van der Waals surface area contributed by atoms with E-state index in [-0.39, 0.29) is 11.9 Å². The van der Waals surface area contributed by atoms with Crippen molar-refractivity contribution in [2.45, 2.75) is 33.0 Å². The summed E-state index contributed by atoms with van der Waals surface area (Å²) in [7, 11) is 1.42. The number of aromatic nitrogens is 2. The Labute approximate surface area is 230 Å². The van der Waals surface area contributed by atoms with E-state index in [0.717, 1.165) is 49.5 Å². The van der Waals surface area contributed by atoms with Crippen LogP contribution in [0.25, 0.3) is 22.0 Å². The highest BCUT2D eigenvalue weighted by atomic mass is 16.5. The number of benzene rings is 3. The molecular formula is C32H37N5O2. The molecule has 2 heterocycles. The minimum absolute atomic E-state index is 0.0530. The van der Waals surface area contributed by atoms with E-state index in [1.807, 2.05) is 44.2 Å². The molecule has 1 aliphatic heterocycles. The number of ether oxygens (including phenoxy) is 1. The monoisotopic (exact) mass is 523 g/mol. The molecular weight excluding hydrogens is 486 g/mol. The number of carbonyl (C=O) groups is 1. The summed E-state index contributed by atoms with van der Waals surface area (Å²) in [5.74, 6) is 1.20. The third kappa shape index (κ3) is 6.61. The van der Waals surface area contributed by atoms with Gasteiger partial charge in [-0.3, -0.25) is 9.80 Å². The molecule has 0 spiro atoms. The van der Waals surface area contributed by atoms with Gasteiger partial charge in [-0.15, -0.1) is 0 Å². The Kier molecular flexibility index (Phi) is 8.49. The lowest BCUT2D eigenvalue weighted by atomic mass is 10.0. The first-order chi connectivity index (χ1) is 19.0. The number of rotatable bonds is 9. The number of esters is 1. The van der Waals surface area contributed by atoms with Crippen LogP contribution in [-0.4, -0.2) is 65.1 Å². The second kappa shape index (κ2) is 12.4. The third-order valence-electron chi connectivity index (χ3n) is 7.36. The summed E-state index contributed by atoms with van der Waals surface area (Å²) >= 11 is 0. The molecule has 1 aromatic heterocycles. The van der Waals surface area contributed by atoms with Crippen LogP contribution in [0.4, 0.5) is 5.82 Å². The number of methoxy groups -OCH3 is 1. The number of nitrogens with one attached hydrogen (secondary N) is 1. The zero-order chi connectivity index (χ0) is 27.2. The number of piperazine rings is 1. The van der Waals surface area contributed by atoms with E-state index in [9.17, 15) is 4.79 Å². The van der Waals surface area contributed by atoms with Crippen molar-refractivity contribution >= 4 is 22.7 Å². The zero-order valence-electron chi connectivity index (χ0n) is 23.0. The fraction of sp³-hybridized carbons (Fsp3) is 0.344. The maximum absolute atomic E-state index is 12.4. The quantitative estimate of drug-likeness (QED) is 0.302. The zero-order valence-corrected chi connectivity index (χ0v) is 23.0. The smallest absolute Gasteiger partial charge is 0.328 e. The minimum atomic E-state index is -0.480. The molecule has 5 rings (SSSR count). The van der Waals surface area contributed by atoms with E-state index in [0.29, 0.717) is 12.4 Å². The molecule has 39 heavy (non-hydrogen) atoms. The molecule has 1 aliphatic rings. The number of para-hydroxylation sites is 1. The van der Waals surface area contributed by atoms with E-state index in [4.69, 9.17) is 14.7 Å². The van der Waals surface area contributed by atoms with Gasteiger partial charge in [0.2, 0.25) is 0 Å². The lowest BCUT2D eigenvalue weighted by Gasteiger charge is -2.34. The largest absolute Gasteiger partial charge is 0.467 e. The summed E-state index contributed by atoms with van der Waals surface area (Å²) in [4.78, 5) is 27.0. The molecule has 7 nitrogen and oxygen atoms in total. The van der Waals surface area contributed by atoms with Crippen molar-refractivity contribution in [2.24, 2.45) is 5.92 Å². The summed E-state index contributed by atoms with van der Waals surface area (Å²) in [6, 6.07) is 26.9. The second-order valence-electron chi connectivity index (χ2n) is 10.5. The van der Waals surface area contributed by atoms with Crippen LogP contribution in [0.3, 0.4) is 0 Å². The number of hydrogen-bond acceptors (Lipinski definition) is 7. The standard InChI is InChI=1S/C32H37N5O2/c1-23(2)30(32(38)39-3)35-31-27-11-7-8-12-28(27)33-29(34-31)22-37-19-17-36(18-20-37)21-24-13-15-26(16-14-24)25-9-5-4-6-10-25/h4-16,23,30H,17-22H2,1-3H3,(H,33,34,35)/t30-/m0/s1. The van der Waals surface area contributed by atoms with Gasteiger partial charge in [-0.2, -0.15) is 0 Å². The molecule has 0 aliphatic carbocycles. The molecule has 1 fully saturated rings. The molecule has 0 amide bonds. The average molecular weight is 524 g/mol. The molecule has 0 saturated carbocycles. The highest BCUT2D eigenvalue weighted by Gasteiger charge is 2.25. The number of nitrogens with zero attached hydrogens (tertiary/aromatic N) is 4. The molecule has 1 saturated heterocycles. The van der Waals surface area contributed by atoms with Crippen LogP contribution in [0, 0.1) is 5.92 Å². The maximum atomic E-state index is 12.4. The predicted octanol–water partition coefficient (Wildman–Crippen LogP) is 5.22. The summed E-state index contributed by atoms with van der Waals surface area (Å²) in [6.45, 7) is 9.52. The Balaban J connectivity index is 1.22. The first-order valence-electron chi connectivity index (χ1n) is 13.7. The Hall–Kier alpha value is -3.81. The molecule has 4 aromatic rings. The number of hydrogen-bond donors (Lipinski definition) is 1. The lowest BCUT2D eigenvalue weighted by Crippen LogP contribution is -2.45. The highest BCUT2D eigenvalue weighted by molar-refractivity contribution is 5.91. The number of fused-ring (bicyclic) bond motifs is 1. The van der Waals surface area contributed by atoms with Crippen molar-refractivity contribution in [1.82, 2.24) is 19.8 Å². The van der Waals surface area contributed by atoms with Crippen LogP contribution in [0.2, 0.25) is 0 Å². The van der Waals surface area contributed by atoms with Crippen LogP contribution < -0.4 is 5.32 Å². The Bertz CT molecular complexity index is 1380. The van der Waals surface area contributed by atoms with E-state index >= 15 is 0 Å². The minimum Gasteiger partial charge on any atom is -0.467 e. The van der Waals surface area contributed by atoms with Crippen LogP contribution in [0.5, 0.6) is 0 Å². The van der Waals surface area contributed by atoms with E-state index in [2.05, 4.69) is 63.6 Å². The van der Waals surface area contributed by atoms with E-state index in [1.165, 1.54) is 23.8 Å². The van der Waals surface area contributed by atoms with Gasteiger partial charge >= 0.3 is 5.97 Å². The average Bonchev–Trinajstić information content (AvgIpc) is 2.97. The molecule has 1 N–H and O–H groups in total. The number of anilines is 1. The van der Waals surface area contributed by atoms with Crippen molar-refractivity contribution < 1.29 is 9.53 Å². The molecule has 202 valence electrons. The predicted molar refractivity (Wildman–Crippen MR) is 156 cm³/mol. The molecule has 1 atom stereocenters. The number of carbonyl (C=O) groups excluding carboxylic acids is 1. The molecule has 0 bridgehead atoms. The second-order valence-corrected chi connectivity index (χ2v) is 10.5. The Morgan fingerprint density at radius 3 is 2.10 bits per heavy atom. The van der Waals surface area contributed by atoms with Gasteiger partial charge in [0.05, 0.1) is 19.2 Å². The van der Waals surface area contributed by atoms with Gasteiger partial charge in [0.1, 0.15) is 17.7 Å². The first-order valence-corrected chi connectivity index (χ1v) is 13.7. The van der Waals surface area contributed by atoms with Crippen molar-refractivity contribution in [3.8, 4) is 11.1 Å². The highest BCUT2D eigenvalue weighted by Crippen LogP contribution is 2.24. The molecule has 0 radical (unpaired) electrons. The van der Waals surface area contributed by atoms with Gasteiger partial charge in [0.15, 0.2) is 0 Å². The topological polar surface area (TPSA) is 70.6 Å². The fourth-order valence-electron chi connectivity index (χ4n) is 5.07. The lowest BCUT2D eigenvalue weighted by molar-refractivity contribution is -0.142. The van der Waals surface area contributed by atoms with Crippen molar-refractivity contribution in [3.05, 3.63) is 90.3 Å². The van der Waals surface area contributed by atoms with Gasteiger partial charge in [0.25, 0.3) is 0 Å². The molecule has 0 unspecified atom stereocenters. The SMILES string of the molecule is COC(=O)[C@@H](Nc1nc(CN2CCN(Cc3ccc(-c4ccccc4)cc3)CC2)nc2ccccc12)C(C)C. The van der Waals surface area contributed by atoms with Gasteiger partial charge in [-0.25, -0.2) is 14.8 Å². The van der Waals surface area contributed by atoms with Crippen molar-refractivity contribution in [3.63, 3.8) is 0 Å². The van der Waals surface area contributed by atoms with Crippen molar-refractivity contribution in [1.29, 1.82) is 0 Å². The van der Waals surface area contributed by atoms with E-state index < -0.39 is 6.04 Å². The first kappa shape index (κ1) is 26.8. The summed E-state index contributed by atoms with van der Waals surface area (Å²) < 4.78 is 5.03. The van der Waals surface area contributed by atoms with Gasteiger partial charge in [-0.1, -0.05) is 80.6 Å². The molecule has 7 heteroatoms. The van der Waals surface area contributed by atoms with Crippen LogP contribution in [0.1, 0.15) is 25.2 Å². The Morgan fingerprint density at radius 2 is 1.44 bits per heavy atom. The van der Waals surface area contributed by atoms with Gasteiger partial charge < -0.3 is 10.1 Å². The van der Waals surface area contributed by atoms with Crippen LogP contribution >= 0.6 is 0 Å². The van der Waals surface area contributed by atoms with Crippen LogP contribution in [0.15, 0.2) is 78.9 Å². The van der Waals surface area contributed by atoms with Crippen molar-refractivity contribution in [2.75, 3.05) is 38.6 Å². The maximum Gasteiger partial charge on any atom is 0.328 e. The Morgan fingerprint density at radius 1 is 0.821 bits per heavy atom. The fourth-order valence-corrected chi connectivity index (χ4v) is 5.07. The summed E-state index contributed by atoms with van der Waals surface area (Å²) in [5.41, 5.74) is 4.70. The van der Waals surface area contributed by atoms with Gasteiger partial charge in [0, 0.05) is 38.1 Å². The summed E-state index contributed by atoms with van der Waals surface area (Å²) in [5, 5.41) is 4.25. The van der Waals surface area contributed by atoms with E-state index in [1.54, 1.807) is 0 Å². The molecule has 3 aromatic carbocycles. The van der Waals surface area contributed by atoms with Gasteiger partial charge in [-0.05, 0) is 34.7 Å². The van der Waals surface area contributed by atoms with Crippen LogP contribution in [-0.2, 0) is 22.6 Å². The summed E-state index contributed by atoms with van der Waals surface area (Å²) in [6.07, 6.45) is 0. The normalized spacial score (nSPS) is 15.4. The third-order valence-corrected chi connectivity index (χ3v) is 7.36.